The summed E-state index contributed by atoms with van der Waals surface area (Å²) in [7, 11) is 0. The Kier molecular flexibility index (Phi) is 3.83. The molecule has 32 heavy (non-hydrogen) atoms. The summed E-state index contributed by atoms with van der Waals surface area (Å²) < 4.78 is 20.9. The van der Waals surface area contributed by atoms with E-state index in [2.05, 4.69) is 4.98 Å². The minimum Gasteiger partial charge on any atom is -0.471 e. The molecular formula is C24H19FN4O3. The second-order valence-corrected chi connectivity index (χ2v) is 8.24. The first-order valence-electron chi connectivity index (χ1n) is 10.4. The molecule has 2 amide bonds. The summed E-state index contributed by atoms with van der Waals surface area (Å²) >= 11 is 0. The lowest BCUT2D eigenvalue weighted by Crippen LogP contribution is -2.60. The molecule has 0 saturated carbocycles. The molecule has 5 heterocycles. The quantitative estimate of drug-likeness (QED) is 0.488. The average Bonchev–Trinajstić information content (AvgIpc) is 3.50. The van der Waals surface area contributed by atoms with Crippen molar-refractivity contribution < 1.29 is 18.4 Å². The average molecular weight is 430 g/mol. The molecule has 0 bridgehead atoms. The van der Waals surface area contributed by atoms with Crippen LogP contribution in [-0.2, 0) is 12.2 Å². The van der Waals surface area contributed by atoms with Crippen LogP contribution in [0, 0.1) is 12.7 Å². The fraction of sp³-hybridized carbons (Fsp3) is 0.208. The fourth-order valence-corrected chi connectivity index (χ4v) is 5.05. The first-order valence-corrected chi connectivity index (χ1v) is 10.4. The molecule has 6 rings (SSSR count). The molecule has 8 heteroatoms. The minimum atomic E-state index is -1.11. The summed E-state index contributed by atoms with van der Waals surface area (Å²) in [6.07, 6.45) is 4.64. The summed E-state index contributed by atoms with van der Waals surface area (Å²) in [5.41, 5.74) is 1.94. The number of aromatic nitrogens is 2. The Morgan fingerprint density at radius 3 is 2.72 bits per heavy atom. The van der Waals surface area contributed by atoms with Gasteiger partial charge in [-0.3, -0.25) is 9.59 Å². The molecule has 1 saturated heterocycles. The molecule has 0 radical (unpaired) electrons. The topological polar surface area (TPSA) is 71.6 Å². The number of hydrogen-bond acceptors (Lipinski definition) is 4. The maximum absolute atomic E-state index is 13.8. The molecule has 4 aromatic rings. The molecule has 7 nitrogen and oxygen atoms in total. The normalized spacial score (nSPS) is 20.0. The number of pyridine rings is 1. The summed E-state index contributed by atoms with van der Waals surface area (Å²) in [5.74, 6) is -0.796. The molecule has 1 aromatic carbocycles. The second kappa shape index (κ2) is 6.53. The Balaban J connectivity index is 1.59. The van der Waals surface area contributed by atoms with Crippen molar-refractivity contribution >= 4 is 22.8 Å². The van der Waals surface area contributed by atoms with Crippen LogP contribution < -0.4 is 0 Å². The van der Waals surface area contributed by atoms with Crippen LogP contribution in [0.15, 0.2) is 65.6 Å². The van der Waals surface area contributed by atoms with Crippen molar-refractivity contribution in [2.24, 2.45) is 0 Å². The highest BCUT2D eigenvalue weighted by Gasteiger charge is 2.56. The van der Waals surface area contributed by atoms with Gasteiger partial charge in [0.1, 0.15) is 23.4 Å². The fourth-order valence-electron chi connectivity index (χ4n) is 5.05. The van der Waals surface area contributed by atoms with E-state index < -0.39 is 5.66 Å². The van der Waals surface area contributed by atoms with E-state index in [1.54, 1.807) is 28.1 Å². The minimum absolute atomic E-state index is 0.183. The molecule has 0 N–H and O–H groups in total. The van der Waals surface area contributed by atoms with Gasteiger partial charge in [0.2, 0.25) is 0 Å². The van der Waals surface area contributed by atoms with Gasteiger partial charge in [-0.2, -0.15) is 0 Å². The highest BCUT2D eigenvalue weighted by atomic mass is 19.1. The molecule has 1 atom stereocenters. The van der Waals surface area contributed by atoms with E-state index >= 15 is 0 Å². The molecule has 3 aromatic heterocycles. The van der Waals surface area contributed by atoms with Crippen molar-refractivity contribution in [1.82, 2.24) is 19.4 Å². The van der Waals surface area contributed by atoms with Crippen LogP contribution >= 0.6 is 0 Å². The van der Waals surface area contributed by atoms with Crippen molar-refractivity contribution in [3.8, 4) is 0 Å². The van der Waals surface area contributed by atoms with Gasteiger partial charge in [0.05, 0.1) is 18.4 Å². The van der Waals surface area contributed by atoms with Crippen LogP contribution in [0.4, 0.5) is 4.39 Å². The Morgan fingerprint density at radius 1 is 1.16 bits per heavy atom. The lowest BCUT2D eigenvalue weighted by molar-refractivity contribution is -0.00531. The molecule has 2 aliphatic rings. The van der Waals surface area contributed by atoms with Crippen LogP contribution in [0.2, 0.25) is 0 Å². The summed E-state index contributed by atoms with van der Waals surface area (Å²) in [6.45, 7) is 2.82. The van der Waals surface area contributed by atoms with Crippen molar-refractivity contribution in [3.05, 3.63) is 89.4 Å². The number of furan rings is 1. The van der Waals surface area contributed by atoms with Gasteiger partial charge in [0, 0.05) is 30.2 Å². The van der Waals surface area contributed by atoms with Crippen LogP contribution in [-0.4, -0.2) is 44.3 Å². The summed E-state index contributed by atoms with van der Waals surface area (Å²) in [4.78, 5) is 35.3. The molecule has 160 valence electrons. The highest BCUT2D eigenvalue weighted by molar-refractivity contribution is 6.01. The number of fused-ring (bicyclic) bond motifs is 4. The smallest absolute Gasteiger partial charge is 0.272 e. The van der Waals surface area contributed by atoms with Crippen LogP contribution in [0.3, 0.4) is 0 Å². The molecule has 0 spiro atoms. The monoisotopic (exact) mass is 430 g/mol. The Labute approximate surface area is 182 Å². The van der Waals surface area contributed by atoms with Crippen LogP contribution in [0.5, 0.6) is 0 Å². The number of nitrogens with zero attached hydrogens (tertiary/aromatic N) is 4. The Hall–Kier alpha value is -3.94. The lowest BCUT2D eigenvalue weighted by Gasteiger charge is -2.47. The zero-order chi connectivity index (χ0) is 22.0. The van der Waals surface area contributed by atoms with Crippen LogP contribution in [0.25, 0.3) is 11.0 Å². The maximum atomic E-state index is 13.8. The highest BCUT2D eigenvalue weighted by Crippen LogP contribution is 2.44. The van der Waals surface area contributed by atoms with E-state index in [0.29, 0.717) is 42.1 Å². The number of benzene rings is 1. The second-order valence-electron chi connectivity index (χ2n) is 8.24. The maximum Gasteiger partial charge on any atom is 0.272 e. The number of hydrogen-bond donors (Lipinski definition) is 0. The number of carbonyl (C=O) groups excluding carboxylic acids is 2. The van der Waals surface area contributed by atoms with Crippen molar-refractivity contribution in [2.45, 2.75) is 19.1 Å². The van der Waals surface area contributed by atoms with Gasteiger partial charge in [-0.15, -0.1) is 0 Å². The third-order valence-corrected chi connectivity index (χ3v) is 6.58. The molecule has 0 aliphatic carbocycles. The molecular weight excluding hydrogens is 411 g/mol. The predicted molar refractivity (Wildman–Crippen MR) is 113 cm³/mol. The van der Waals surface area contributed by atoms with Crippen molar-refractivity contribution in [2.75, 3.05) is 13.1 Å². The van der Waals surface area contributed by atoms with E-state index in [0.717, 1.165) is 10.9 Å². The summed E-state index contributed by atoms with van der Waals surface area (Å²) in [5, 5.41) is 0.856. The zero-order valence-electron chi connectivity index (χ0n) is 17.3. The number of amides is 2. The SMILES string of the molecule is Cc1cocc1C(=O)N1CCN2C(=O)c3cc4cccnc4n3CC12c1ccc(F)cc1. The van der Waals surface area contributed by atoms with Crippen LogP contribution in [0.1, 0.15) is 32.0 Å². The van der Waals surface area contributed by atoms with Gasteiger partial charge >= 0.3 is 0 Å². The molecule has 2 aliphatic heterocycles. The standard InChI is InChI=1S/C24H19FN4O3/c1-15-12-32-13-19(15)22(30)28-9-10-29-23(31)20-11-16-3-2-8-26-21(16)27(20)14-24(28,29)17-4-6-18(25)7-5-17/h2-8,11-13H,9-10,14H2,1H3. The summed E-state index contributed by atoms with van der Waals surface area (Å²) in [6, 6.07) is 11.6. The van der Waals surface area contributed by atoms with Gasteiger partial charge in [-0.1, -0.05) is 12.1 Å². The van der Waals surface area contributed by atoms with E-state index in [1.165, 1.54) is 24.7 Å². The van der Waals surface area contributed by atoms with Gasteiger partial charge in [0.15, 0.2) is 5.66 Å². The number of carbonyl (C=O) groups is 2. The van der Waals surface area contributed by atoms with Crippen molar-refractivity contribution in [1.29, 1.82) is 0 Å². The first kappa shape index (κ1) is 18.8. The van der Waals surface area contributed by atoms with E-state index in [-0.39, 0.29) is 17.6 Å². The van der Waals surface area contributed by atoms with Gasteiger partial charge < -0.3 is 18.8 Å². The van der Waals surface area contributed by atoms with Gasteiger partial charge in [-0.25, -0.2) is 9.37 Å². The van der Waals surface area contributed by atoms with E-state index in [1.807, 2.05) is 29.7 Å². The predicted octanol–water partition coefficient (Wildman–Crippen LogP) is 3.54. The first-order chi connectivity index (χ1) is 15.5. The van der Waals surface area contributed by atoms with Crippen molar-refractivity contribution in [3.63, 3.8) is 0 Å². The van der Waals surface area contributed by atoms with Gasteiger partial charge in [-0.05, 0) is 42.8 Å². The molecule has 1 fully saturated rings. The number of halogens is 1. The lowest BCUT2D eigenvalue weighted by atomic mass is 9.93. The number of rotatable bonds is 2. The molecule has 1 unspecified atom stereocenters. The van der Waals surface area contributed by atoms with Gasteiger partial charge in [0.25, 0.3) is 11.8 Å². The Morgan fingerprint density at radius 2 is 1.97 bits per heavy atom. The third kappa shape index (κ3) is 2.37. The zero-order valence-corrected chi connectivity index (χ0v) is 17.3. The third-order valence-electron chi connectivity index (χ3n) is 6.58. The van der Waals surface area contributed by atoms with E-state index in [9.17, 15) is 14.0 Å². The number of aryl methyl sites for hydroxylation is 1. The van der Waals surface area contributed by atoms with E-state index in [4.69, 9.17) is 4.42 Å². The Bertz CT molecular complexity index is 1390. The largest absolute Gasteiger partial charge is 0.471 e.